The minimum absolute atomic E-state index is 0.177. The van der Waals surface area contributed by atoms with Gasteiger partial charge in [-0.2, -0.15) is 3.71 Å². The third-order valence-electron chi connectivity index (χ3n) is 2.37. The quantitative estimate of drug-likeness (QED) is 0.534. The summed E-state index contributed by atoms with van der Waals surface area (Å²) in [6, 6.07) is -0.207. The van der Waals surface area contributed by atoms with Gasteiger partial charge in [0, 0.05) is 6.54 Å². The Bertz CT molecular complexity index is 201. The lowest BCUT2D eigenvalue weighted by Gasteiger charge is -2.29. The largest absolute Gasteiger partial charge is 0.463 e. The molecule has 6 heteroatoms. The van der Waals surface area contributed by atoms with E-state index in [1.165, 1.54) is 0 Å². The van der Waals surface area contributed by atoms with E-state index in [4.69, 9.17) is 10.5 Å². The van der Waals surface area contributed by atoms with Crippen LogP contribution in [0, 0.1) is 5.92 Å². The number of carbonyl (C=O) groups excluding carboxylic acids is 1. The molecule has 0 aliphatic rings. The van der Waals surface area contributed by atoms with Gasteiger partial charge < -0.3 is 10.5 Å². The van der Waals surface area contributed by atoms with Gasteiger partial charge in [0.2, 0.25) is 0 Å². The number of hydrogen-bond donors (Lipinski definition) is 1. The Kier molecular flexibility index (Phi) is 9.21. The molecule has 4 nitrogen and oxygen atoms in total. The van der Waals surface area contributed by atoms with Gasteiger partial charge in [0.15, 0.2) is 0 Å². The number of rotatable bonds is 8. The summed E-state index contributed by atoms with van der Waals surface area (Å²) in [5.74, 6) is 0.0914. The molecule has 0 aromatic rings. The molecule has 2 atom stereocenters. The zero-order valence-corrected chi connectivity index (χ0v) is 12.1. The van der Waals surface area contributed by atoms with E-state index in [1.807, 2.05) is 16.2 Å². The summed E-state index contributed by atoms with van der Waals surface area (Å²) in [7, 11) is 0. The molecule has 0 saturated carbocycles. The molecule has 0 radical (unpaired) electrons. The number of esters is 1. The Morgan fingerprint density at radius 2 is 2.00 bits per heavy atom. The van der Waals surface area contributed by atoms with Crippen molar-refractivity contribution in [1.29, 1.82) is 0 Å². The summed E-state index contributed by atoms with van der Waals surface area (Å²) < 4.78 is 7.11. The third-order valence-corrected chi connectivity index (χ3v) is 4.44. The maximum Gasteiger partial charge on any atom is 0.325 e. The average Bonchev–Trinajstić information content (AvgIpc) is 2.31. The van der Waals surface area contributed by atoms with Crippen LogP contribution < -0.4 is 5.73 Å². The van der Waals surface area contributed by atoms with E-state index in [2.05, 4.69) is 13.8 Å². The van der Waals surface area contributed by atoms with Crippen LogP contribution in [0.25, 0.3) is 0 Å². The molecule has 0 amide bonds. The fraction of sp³-hybridized carbons (Fsp3) is 0.900. The molecular weight excluding hydrogens is 244 g/mol. The highest BCUT2D eigenvalue weighted by atomic mass is 32.2. The predicted molar refractivity (Wildman–Crippen MR) is 72.1 cm³/mol. The smallest absolute Gasteiger partial charge is 0.325 e. The van der Waals surface area contributed by atoms with Gasteiger partial charge in [-0.15, -0.1) is 0 Å². The fourth-order valence-electron chi connectivity index (χ4n) is 1.30. The number of ether oxygens (including phenoxy) is 1. The predicted octanol–water partition coefficient (Wildman–Crippen LogP) is 1.76. The summed E-state index contributed by atoms with van der Waals surface area (Å²) >= 11 is 3.10. The van der Waals surface area contributed by atoms with Crippen LogP contribution in [0.2, 0.25) is 0 Å². The Balaban J connectivity index is 4.57. The van der Waals surface area contributed by atoms with Gasteiger partial charge in [0.25, 0.3) is 0 Å². The molecule has 96 valence electrons. The Morgan fingerprint density at radius 3 is 2.38 bits per heavy atom. The molecule has 0 bridgehead atoms. The average molecular weight is 266 g/mol. The SMILES string of the molecule is CCC(C)C(C(=O)OCCN)N(SC)SC. The van der Waals surface area contributed by atoms with Gasteiger partial charge in [-0.25, -0.2) is 0 Å². The molecule has 0 rings (SSSR count). The molecule has 2 unspecified atom stereocenters. The van der Waals surface area contributed by atoms with E-state index >= 15 is 0 Å². The molecule has 16 heavy (non-hydrogen) atoms. The maximum absolute atomic E-state index is 11.9. The van der Waals surface area contributed by atoms with E-state index in [1.54, 1.807) is 23.9 Å². The topological polar surface area (TPSA) is 55.6 Å². The van der Waals surface area contributed by atoms with Gasteiger partial charge >= 0.3 is 5.97 Å². The zero-order chi connectivity index (χ0) is 12.6. The van der Waals surface area contributed by atoms with Crippen LogP contribution in [0.1, 0.15) is 20.3 Å². The van der Waals surface area contributed by atoms with Crippen LogP contribution in [0.4, 0.5) is 0 Å². The van der Waals surface area contributed by atoms with Crippen molar-refractivity contribution in [3.05, 3.63) is 0 Å². The van der Waals surface area contributed by atoms with Gasteiger partial charge in [0.05, 0.1) is 0 Å². The summed E-state index contributed by atoms with van der Waals surface area (Å²) in [6.45, 7) is 4.81. The minimum Gasteiger partial charge on any atom is -0.463 e. The second-order valence-corrected chi connectivity index (χ2v) is 5.19. The molecule has 0 fully saturated rings. The molecule has 0 aliphatic heterocycles. The number of hydrogen-bond acceptors (Lipinski definition) is 6. The van der Waals surface area contributed by atoms with Crippen molar-refractivity contribution in [2.75, 3.05) is 25.7 Å². The highest BCUT2D eigenvalue weighted by Crippen LogP contribution is 2.27. The molecule has 0 heterocycles. The summed E-state index contributed by atoms with van der Waals surface area (Å²) in [4.78, 5) is 11.9. The van der Waals surface area contributed by atoms with E-state index in [0.29, 0.717) is 13.2 Å². The molecule has 0 saturated heterocycles. The summed E-state index contributed by atoms with van der Waals surface area (Å²) in [6.07, 6.45) is 4.87. The van der Waals surface area contributed by atoms with Crippen LogP contribution >= 0.6 is 23.9 Å². The summed E-state index contributed by atoms with van der Waals surface area (Å²) in [5, 5.41) is 0. The maximum atomic E-state index is 11.9. The first-order chi connectivity index (χ1) is 7.62. The molecule has 0 spiro atoms. The minimum atomic E-state index is -0.207. The standard InChI is InChI=1S/C10H22N2O2S2/c1-5-8(2)9(12(15-3)16-4)10(13)14-7-6-11/h8-9H,5-7,11H2,1-4H3. The molecule has 0 aromatic heterocycles. The van der Waals surface area contributed by atoms with Crippen LogP contribution in [-0.4, -0.2) is 41.4 Å². The first-order valence-corrected chi connectivity index (χ1v) is 7.72. The van der Waals surface area contributed by atoms with Gasteiger partial charge in [-0.3, -0.25) is 4.79 Å². The normalized spacial score (nSPS) is 14.9. The number of carbonyl (C=O) groups is 1. The first kappa shape index (κ1) is 16.1. The second-order valence-electron chi connectivity index (χ2n) is 3.44. The molecule has 0 aromatic carbocycles. The second kappa shape index (κ2) is 9.15. The molecular formula is C10H22N2O2S2. The van der Waals surface area contributed by atoms with Crippen molar-refractivity contribution in [3.63, 3.8) is 0 Å². The lowest BCUT2D eigenvalue weighted by atomic mass is 10.0. The first-order valence-electron chi connectivity index (χ1n) is 5.36. The Hall–Kier alpha value is 0.0900. The van der Waals surface area contributed by atoms with Gasteiger partial charge in [-0.05, 0) is 18.4 Å². The van der Waals surface area contributed by atoms with Crippen molar-refractivity contribution < 1.29 is 9.53 Å². The third kappa shape index (κ3) is 4.95. The Labute approximate surface area is 107 Å². The zero-order valence-electron chi connectivity index (χ0n) is 10.4. The highest BCUT2D eigenvalue weighted by molar-refractivity contribution is 8.11. The van der Waals surface area contributed by atoms with Crippen molar-refractivity contribution in [1.82, 2.24) is 3.71 Å². The van der Waals surface area contributed by atoms with E-state index < -0.39 is 0 Å². The lowest BCUT2D eigenvalue weighted by molar-refractivity contribution is -0.148. The van der Waals surface area contributed by atoms with Crippen LogP contribution in [0.15, 0.2) is 0 Å². The van der Waals surface area contributed by atoms with Crippen molar-refractivity contribution in [2.24, 2.45) is 11.7 Å². The van der Waals surface area contributed by atoms with E-state index in [-0.39, 0.29) is 17.9 Å². The monoisotopic (exact) mass is 266 g/mol. The molecule has 2 N–H and O–H groups in total. The number of nitrogens with two attached hydrogens (primary N) is 1. The molecule has 0 aliphatic carbocycles. The van der Waals surface area contributed by atoms with E-state index in [9.17, 15) is 4.79 Å². The number of nitrogens with zero attached hydrogens (tertiary/aromatic N) is 1. The van der Waals surface area contributed by atoms with Crippen LogP contribution in [-0.2, 0) is 9.53 Å². The highest BCUT2D eigenvalue weighted by Gasteiger charge is 2.31. The van der Waals surface area contributed by atoms with Crippen molar-refractivity contribution in [3.8, 4) is 0 Å². The Morgan fingerprint density at radius 1 is 1.44 bits per heavy atom. The lowest BCUT2D eigenvalue weighted by Crippen LogP contribution is -2.39. The van der Waals surface area contributed by atoms with Gasteiger partial charge in [-0.1, -0.05) is 44.2 Å². The van der Waals surface area contributed by atoms with Crippen LogP contribution in [0.5, 0.6) is 0 Å². The van der Waals surface area contributed by atoms with Crippen molar-refractivity contribution >= 4 is 29.9 Å². The van der Waals surface area contributed by atoms with E-state index in [0.717, 1.165) is 6.42 Å². The fourth-order valence-corrected chi connectivity index (χ4v) is 2.93. The van der Waals surface area contributed by atoms with Gasteiger partial charge in [0.1, 0.15) is 12.6 Å². The summed E-state index contributed by atoms with van der Waals surface area (Å²) in [5.41, 5.74) is 5.33. The van der Waals surface area contributed by atoms with Crippen LogP contribution in [0.3, 0.4) is 0 Å². The van der Waals surface area contributed by atoms with Crippen molar-refractivity contribution in [2.45, 2.75) is 26.3 Å².